The number of hydrogen-bond acceptors (Lipinski definition) is 3. The summed E-state index contributed by atoms with van der Waals surface area (Å²) in [5.74, 6) is -1.04. The fraction of sp³-hybridized carbons (Fsp3) is 0.286. The first kappa shape index (κ1) is 18.3. The van der Waals surface area contributed by atoms with Crippen LogP contribution in [0.15, 0.2) is 36.9 Å². The summed E-state index contributed by atoms with van der Waals surface area (Å²) in [7, 11) is 0. The Balaban J connectivity index is 0. The monoisotopic (exact) mass is 252 g/mol. The molecule has 0 saturated carbocycles. The topological polar surface area (TPSA) is 63.6 Å². The maximum Gasteiger partial charge on any atom is 0.302 e. The van der Waals surface area contributed by atoms with Crippen molar-refractivity contribution >= 4 is 18.0 Å². The number of benzene rings is 1. The summed E-state index contributed by atoms with van der Waals surface area (Å²) in [5, 5.41) is 7.42. The lowest BCUT2D eigenvalue weighted by Crippen LogP contribution is -1.95. The molecule has 0 unspecified atom stereocenters. The Bertz CT molecular complexity index is 340. The van der Waals surface area contributed by atoms with E-state index in [1.165, 1.54) is 12.5 Å². The van der Waals surface area contributed by atoms with Crippen molar-refractivity contribution in [2.24, 2.45) is 0 Å². The highest BCUT2D eigenvalue weighted by Gasteiger charge is 1.81. The van der Waals surface area contributed by atoms with Crippen LogP contribution in [0.25, 0.3) is 6.08 Å². The molecule has 1 N–H and O–H groups in total. The summed E-state index contributed by atoms with van der Waals surface area (Å²) < 4.78 is 4.40. The molecule has 18 heavy (non-hydrogen) atoms. The van der Waals surface area contributed by atoms with E-state index in [0.717, 1.165) is 6.92 Å². The van der Waals surface area contributed by atoms with Crippen molar-refractivity contribution in [1.29, 1.82) is 0 Å². The van der Waals surface area contributed by atoms with Gasteiger partial charge in [-0.1, -0.05) is 43.0 Å². The molecule has 0 heterocycles. The van der Waals surface area contributed by atoms with Crippen molar-refractivity contribution in [1.82, 2.24) is 0 Å². The van der Waals surface area contributed by atoms with Crippen LogP contribution in [0.2, 0.25) is 0 Å². The Labute approximate surface area is 108 Å². The van der Waals surface area contributed by atoms with E-state index in [1.54, 1.807) is 6.92 Å². The molecule has 0 aromatic heterocycles. The summed E-state index contributed by atoms with van der Waals surface area (Å²) in [5.41, 5.74) is 1.17. The predicted octanol–water partition coefficient (Wildman–Crippen LogP) is 2.99. The fourth-order valence-electron chi connectivity index (χ4n) is 0.792. The van der Waals surface area contributed by atoms with Gasteiger partial charge in [-0.2, -0.15) is 0 Å². The van der Waals surface area contributed by atoms with Crippen LogP contribution >= 0.6 is 0 Å². The van der Waals surface area contributed by atoms with Gasteiger partial charge in [0.25, 0.3) is 5.97 Å². The zero-order chi connectivity index (χ0) is 14.4. The molecular formula is C14H20O4. The molecule has 0 atom stereocenters. The zero-order valence-electron chi connectivity index (χ0n) is 11.1. The van der Waals surface area contributed by atoms with Crippen molar-refractivity contribution in [2.45, 2.75) is 20.8 Å². The van der Waals surface area contributed by atoms with Gasteiger partial charge >= 0.3 is 5.97 Å². The molecule has 4 heteroatoms. The number of hydrogen-bond donors (Lipinski definition) is 1. The van der Waals surface area contributed by atoms with Crippen LogP contribution in [-0.2, 0) is 14.3 Å². The van der Waals surface area contributed by atoms with E-state index in [4.69, 9.17) is 9.90 Å². The summed E-state index contributed by atoms with van der Waals surface area (Å²) in [6.07, 6.45) is 1.83. The van der Waals surface area contributed by atoms with E-state index in [-0.39, 0.29) is 5.97 Å². The van der Waals surface area contributed by atoms with Crippen molar-refractivity contribution in [3.8, 4) is 0 Å². The van der Waals surface area contributed by atoms with Crippen molar-refractivity contribution in [3.05, 3.63) is 42.5 Å². The number of carboxylic acid groups (broad SMARTS) is 1. The molecule has 0 amide bonds. The summed E-state index contributed by atoms with van der Waals surface area (Å²) >= 11 is 0. The van der Waals surface area contributed by atoms with E-state index in [9.17, 15) is 4.79 Å². The lowest BCUT2D eigenvalue weighted by Gasteiger charge is -1.89. The van der Waals surface area contributed by atoms with Gasteiger partial charge in [0.2, 0.25) is 0 Å². The molecular weight excluding hydrogens is 232 g/mol. The second-order valence-electron chi connectivity index (χ2n) is 3.06. The first-order valence-corrected chi connectivity index (χ1v) is 5.44. The highest BCUT2D eigenvalue weighted by atomic mass is 16.5. The molecule has 1 rings (SSSR count). The number of carbonyl (C=O) groups excluding carboxylic acids is 1. The molecule has 0 bridgehead atoms. The molecule has 1 aromatic carbocycles. The van der Waals surface area contributed by atoms with Gasteiger partial charge in [-0.05, 0) is 12.5 Å². The predicted molar refractivity (Wildman–Crippen MR) is 72.1 cm³/mol. The number of ether oxygens (including phenoxy) is 1. The normalized spacial score (nSPS) is 7.72. The molecule has 0 radical (unpaired) electrons. The summed E-state index contributed by atoms with van der Waals surface area (Å²) in [6.45, 7) is 8.37. The minimum atomic E-state index is -0.833. The number of carbonyl (C=O) groups is 2. The summed E-state index contributed by atoms with van der Waals surface area (Å²) in [4.78, 5) is 18.8. The van der Waals surface area contributed by atoms with Crippen LogP contribution in [0.1, 0.15) is 26.3 Å². The first-order chi connectivity index (χ1) is 8.43. The zero-order valence-corrected chi connectivity index (χ0v) is 11.1. The molecule has 1 aromatic rings. The Kier molecular flexibility index (Phi) is 13.2. The Morgan fingerprint density at radius 2 is 1.72 bits per heavy atom. The number of carboxylic acids is 1. The van der Waals surface area contributed by atoms with Gasteiger partial charge in [0.05, 0.1) is 6.61 Å². The van der Waals surface area contributed by atoms with Crippen molar-refractivity contribution in [3.63, 3.8) is 0 Å². The van der Waals surface area contributed by atoms with Gasteiger partial charge in [-0.15, -0.1) is 0 Å². The van der Waals surface area contributed by atoms with E-state index in [0.29, 0.717) is 6.61 Å². The second-order valence-corrected chi connectivity index (χ2v) is 3.06. The third-order valence-corrected chi connectivity index (χ3v) is 1.38. The van der Waals surface area contributed by atoms with Crippen LogP contribution in [0.3, 0.4) is 0 Å². The molecule has 4 nitrogen and oxygen atoms in total. The second kappa shape index (κ2) is 13.0. The van der Waals surface area contributed by atoms with Gasteiger partial charge in [0, 0.05) is 13.8 Å². The number of rotatable bonds is 2. The van der Waals surface area contributed by atoms with Gasteiger partial charge < -0.3 is 9.84 Å². The van der Waals surface area contributed by atoms with E-state index in [2.05, 4.69) is 11.3 Å². The Hall–Kier alpha value is -2.10. The van der Waals surface area contributed by atoms with Gasteiger partial charge in [0.1, 0.15) is 0 Å². The van der Waals surface area contributed by atoms with Crippen LogP contribution < -0.4 is 0 Å². The number of aliphatic carboxylic acids is 1. The van der Waals surface area contributed by atoms with Crippen LogP contribution in [0.5, 0.6) is 0 Å². The molecule has 0 saturated heterocycles. The lowest BCUT2D eigenvalue weighted by molar-refractivity contribution is -0.140. The van der Waals surface area contributed by atoms with E-state index in [1.807, 2.05) is 36.4 Å². The van der Waals surface area contributed by atoms with Crippen LogP contribution in [-0.4, -0.2) is 23.7 Å². The summed E-state index contributed by atoms with van der Waals surface area (Å²) in [6, 6.07) is 10.0. The minimum Gasteiger partial charge on any atom is -0.481 e. The lowest BCUT2D eigenvalue weighted by atomic mass is 10.2. The van der Waals surface area contributed by atoms with Crippen LogP contribution in [0.4, 0.5) is 0 Å². The third-order valence-electron chi connectivity index (χ3n) is 1.38. The molecule has 100 valence electrons. The average molecular weight is 252 g/mol. The molecule has 0 aliphatic rings. The molecule has 0 aliphatic carbocycles. The van der Waals surface area contributed by atoms with Gasteiger partial charge in [0.15, 0.2) is 0 Å². The highest BCUT2D eigenvalue weighted by molar-refractivity contribution is 5.65. The molecule has 0 aliphatic heterocycles. The largest absolute Gasteiger partial charge is 0.481 e. The maximum atomic E-state index is 9.82. The van der Waals surface area contributed by atoms with Crippen molar-refractivity contribution < 1.29 is 19.4 Å². The Morgan fingerprint density at radius 3 is 1.89 bits per heavy atom. The molecule has 0 fully saturated rings. The average Bonchev–Trinajstić information content (AvgIpc) is 2.30. The van der Waals surface area contributed by atoms with Crippen molar-refractivity contribution in [2.75, 3.05) is 6.61 Å². The van der Waals surface area contributed by atoms with E-state index >= 15 is 0 Å². The van der Waals surface area contributed by atoms with Gasteiger partial charge in [-0.3, -0.25) is 9.59 Å². The minimum absolute atomic E-state index is 0.211. The molecule has 0 spiro atoms. The third kappa shape index (κ3) is 19.5. The van der Waals surface area contributed by atoms with E-state index < -0.39 is 5.97 Å². The highest BCUT2D eigenvalue weighted by Crippen LogP contribution is 1.97. The first-order valence-electron chi connectivity index (χ1n) is 5.44. The SMILES string of the molecule is C=Cc1ccccc1.CC(=O)O.CCOC(C)=O. The smallest absolute Gasteiger partial charge is 0.302 e. The maximum absolute atomic E-state index is 9.82. The number of esters is 1. The fourth-order valence-corrected chi connectivity index (χ4v) is 0.792. The van der Waals surface area contributed by atoms with Gasteiger partial charge in [-0.25, -0.2) is 0 Å². The standard InChI is InChI=1S/C8H8.C4H8O2.C2H4O2/c1-2-8-6-4-3-5-7-8;1-3-6-4(2)5;1-2(3)4/h2-7H,1H2;3H2,1-2H3;1H3,(H,3,4). The Morgan fingerprint density at radius 1 is 1.28 bits per heavy atom. The quantitative estimate of drug-likeness (QED) is 0.822. The van der Waals surface area contributed by atoms with Crippen LogP contribution in [0, 0.1) is 0 Å².